The third-order valence-corrected chi connectivity index (χ3v) is 2.52. The maximum atomic E-state index is 13.7. The molecule has 0 aliphatic carbocycles. The van der Waals surface area contributed by atoms with Gasteiger partial charge in [0.05, 0.1) is 11.8 Å². The third kappa shape index (κ3) is 4.59. The number of hydrogen-bond donors (Lipinski definition) is 1. The topological polar surface area (TPSA) is 38.3 Å². The summed E-state index contributed by atoms with van der Waals surface area (Å²) in [6.07, 6.45) is -0.0895. The molecule has 0 bridgehead atoms. The molecule has 5 heteroatoms. The molecule has 0 atom stereocenters. The molecule has 0 radical (unpaired) electrons. The second-order valence-corrected chi connectivity index (χ2v) is 4.91. The fourth-order valence-electron chi connectivity index (χ4n) is 1.60. The Morgan fingerprint density at radius 2 is 1.89 bits per heavy atom. The van der Waals surface area contributed by atoms with E-state index < -0.39 is 17.5 Å². The first-order chi connectivity index (χ1) is 8.81. The van der Waals surface area contributed by atoms with E-state index in [4.69, 9.17) is 4.74 Å². The van der Waals surface area contributed by atoms with Crippen molar-refractivity contribution in [2.45, 2.75) is 39.7 Å². The molecule has 106 valence electrons. The van der Waals surface area contributed by atoms with Gasteiger partial charge in [-0.05, 0) is 31.4 Å². The highest BCUT2D eigenvalue weighted by Crippen LogP contribution is 2.28. The average molecular weight is 271 g/mol. The fourth-order valence-corrected chi connectivity index (χ4v) is 1.60. The Hall–Kier alpha value is -1.49. The number of carbonyl (C=O) groups is 1. The number of benzene rings is 1. The second-order valence-electron chi connectivity index (χ2n) is 4.91. The maximum Gasteiger partial charge on any atom is 0.250 e. The van der Waals surface area contributed by atoms with E-state index in [0.717, 1.165) is 6.07 Å². The first-order valence-corrected chi connectivity index (χ1v) is 6.21. The van der Waals surface area contributed by atoms with Crippen LogP contribution in [0.15, 0.2) is 12.1 Å². The summed E-state index contributed by atoms with van der Waals surface area (Å²) in [5.74, 6) is -1.99. The summed E-state index contributed by atoms with van der Waals surface area (Å²) in [6.45, 7) is 7.03. The van der Waals surface area contributed by atoms with E-state index in [1.807, 2.05) is 0 Å². The van der Waals surface area contributed by atoms with Crippen LogP contribution in [-0.4, -0.2) is 18.6 Å². The van der Waals surface area contributed by atoms with Crippen molar-refractivity contribution in [3.05, 3.63) is 29.3 Å². The zero-order chi connectivity index (χ0) is 14.6. The van der Waals surface area contributed by atoms with Crippen LogP contribution in [0.5, 0.6) is 0 Å². The Balaban J connectivity index is 2.90. The molecule has 0 fully saturated rings. The summed E-state index contributed by atoms with van der Waals surface area (Å²) < 4.78 is 32.0. The molecule has 0 aromatic heterocycles. The van der Waals surface area contributed by atoms with Crippen LogP contribution in [0.25, 0.3) is 0 Å². The van der Waals surface area contributed by atoms with Crippen molar-refractivity contribution in [1.82, 2.24) is 0 Å². The summed E-state index contributed by atoms with van der Waals surface area (Å²) in [5, 5.41) is 2.44. The van der Waals surface area contributed by atoms with Gasteiger partial charge < -0.3 is 10.1 Å². The lowest BCUT2D eigenvalue weighted by Crippen LogP contribution is -2.22. The van der Waals surface area contributed by atoms with Crippen LogP contribution in [-0.2, 0) is 9.53 Å². The highest BCUT2D eigenvalue weighted by Gasteiger charge is 2.16. The van der Waals surface area contributed by atoms with Gasteiger partial charge in [0.25, 0.3) is 0 Å². The van der Waals surface area contributed by atoms with Gasteiger partial charge in [0.1, 0.15) is 18.2 Å². The highest BCUT2D eigenvalue weighted by atomic mass is 19.1. The van der Waals surface area contributed by atoms with Crippen LogP contribution in [0.2, 0.25) is 0 Å². The van der Waals surface area contributed by atoms with E-state index >= 15 is 0 Å². The molecule has 0 heterocycles. The molecule has 0 spiro atoms. The van der Waals surface area contributed by atoms with E-state index in [2.05, 4.69) is 5.32 Å². The number of ether oxygens (including phenoxy) is 1. The highest BCUT2D eigenvalue weighted by molar-refractivity contribution is 5.92. The largest absolute Gasteiger partial charge is 0.369 e. The molecule has 0 unspecified atom stereocenters. The van der Waals surface area contributed by atoms with Crippen molar-refractivity contribution >= 4 is 11.6 Å². The van der Waals surface area contributed by atoms with E-state index in [1.165, 1.54) is 6.07 Å². The van der Waals surface area contributed by atoms with Crippen LogP contribution in [0, 0.1) is 11.6 Å². The third-order valence-electron chi connectivity index (χ3n) is 2.52. The van der Waals surface area contributed by atoms with Crippen LogP contribution in [0.4, 0.5) is 14.5 Å². The molecule has 1 aromatic rings. The Bertz CT molecular complexity index is 459. The van der Waals surface area contributed by atoms with E-state index in [9.17, 15) is 13.6 Å². The van der Waals surface area contributed by atoms with Gasteiger partial charge in [0.2, 0.25) is 5.91 Å². The number of nitrogens with one attached hydrogen (secondary N) is 1. The number of amides is 1. The lowest BCUT2D eigenvalue weighted by Gasteiger charge is -2.15. The van der Waals surface area contributed by atoms with Gasteiger partial charge >= 0.3 is 0 Å². The minimum atomic E-state index is -0.776. The van der Waals surface area contributed by atoms with Crippen LogP contribution < -0.4 is 5.32 Å². The van der Waals surface area contributed by atoms with Gasteiger partial charge in [-0.3, -0.25) is 4.79 Å². The van der Waals surface area contributed by atoms with Crippen molar-refractivity contribution in [3.8, 4) is 0 Å². The molecular weight excluding hydrogens is 252 g/mol. The first kappa shape index (κ1) is 15.6. The molecule has 0 aliphatic heterocycles. The van der Waals surface area contributed by atoms with Gasteiger partial charge in [-0.1, -0.05) is 13.8 Å². The Morgan fingerprint density at radius 1 is 1.26 bits per heavy atom. The molecule has 19 heavy (non-hydrogen) atoms. The predicted molar refractivity (Wildman–Crippen MR) is 70.2 cm³/mol. The minimum Gasteiger partial charge on any atom is -0.369 e. The number of anilines is 1. The Morgan fingerprint density at radius 3 is 2.42 bits per heavy atom. The van der Waals surface area contributed by atoms with Crippen molar-refractivity contribution in [3.63, 3.8) is 0 Å². The SMILES string of the molecule is CC(C)OCC(=O)Nc1c(F)cc(F)cc1C(C)C. The number of halogens is 2. The molecule has 1 rings (SSSR count). The van der Waals surface area contributed by atoms with Crippen LogP contribution in [0.3, 0.4) is 0 Å². The number of hydrogen-bond acceptors (Lipinski definition) is 2. The number of rotatable bonds is 5. The molecule has 0 saturated heterocycles. The zero-order valence-electron chi connectivity index (χ0n) is 11.6. The van der Waals surface area contributed by atoms with Crippen molar-refractivity contribution in [1.29, 1.82) is 0 Å². The standard InChI is InChI=1S/C14H19F2NO2/c1-8(2)11-5-10(15)6-12(16)14(11)17-13(18)7-19-9(3)4/h5-6,8-9H,7H2,1-4H3,(H,17,18). The number of carbonyl (C=O) groups excluding carboxylic acids is 1. The Labute approximate surface area is 112 Å². The molecule has 1 aromatic carbocycles. The maximum absolute atomic E-state index is 13.7. The molecule has 0 saturated carbocycles. The van der Waals surface area contributed by atoms with Gasteiger partial charge in [-0.25, -0.2) is 8.78 Å². The minimum absolute atomic E-state index is 0.0220. The molecular formula is C14H19F2NO2. The normalized spacial score (nSPS) is 11.2. The molecule has 1 amide bonds. The van der Waals surface area contributed by atoms with Gasteiger partial charge in [0, 0.05) is 6.07 Å². The summed E-state index contributed by atoms with van der Waals surface area (Å²) in [6, 6.07) is 1.98. The van der Waals surface area contributed by atoms with E-state index in [1.54, 1.807) is 27.7 Å². The summed E-state index contributed by atoms with van der Waals surface area (Å²) in [4.78, 5) is 11.6. The van der Waals surface area contributed by atoms with E-state index in [0.29, 0.717) is 5.56 Å². The predicted octanol–water partition coefficient (Wildman–Crippen LogP) is 3.45. The van der Waals surface area contributed by atoms with Gasteiger partial charge in [0.15, 0.2) is 0 Å². The lowest BCUT2D eigenvalue weighted by atomic mass is 10.0. The van der Waals surface area contributed by atoms with Crippen LogP contribution >= 0.6 is 0 Å². The monoisotopic (exact) mass is 271 g/mol. The summed E-state index contributed by atoms with van der Waals surface area (Å²) in [5.41, 5.74) is 0.448. The van der Waals surface area contributed by atoms with Gasteiger partial charge in [-0.2, -0.15) is 0 Å². The van der Waals surface area contributed by atoms with Crippen LogP contribution in [0.1, 0.15) is 39.2 Å². The van der Waals surface area contributed by atoms with Crippen molar-refractivity contribution < 1.29 is 18.3 Å². The molecule has 3 nitrogen and oxygen atoms in total. The summed E-state index contributed by atoms with van der Waals surface area (Å²) in [7, 11) is 0. The summed E-state index contributed by atoms with van der Waals surface area (Å²) >= 11 is 0. The van der Waals surface area contributed by atoms with Crippen molar-refractivity contribution in [2.75, 3.05) is 11.9 Å². The van der Waals surface area contributed by atoms with Crippen molar-refractivity contribution in [2.24, 2.45) is 0 Å². The quantitative estimate of drug-likeness (QED) is 0.890. The Kier molecular flexibility index (Phi) is 5.42. The first-order valence-electron chi connectivity index (χ1n) is 6.21. The smallest absolute Gasteiger partial charge is 0.250 e. The van der Waals surface area contributed by atoms with E-state index in [-0.39, 0.29) is 24.3 Å². The lowest BCUT2D eigenvalue weighted by molar-refractivity contribution is -0.122. The second kappa shape index (κ2) is 6.61. The molecule has 0 aliphatic rings. The zero-order valence-corrected chi connectivity index (χ0v) is 11.6. The van der Waals surface area contributed by atoms with Gasteiger partial charge in [-0.15, -0.1) is 0 Å². The fraction of sp³-hybridized carbons (Fsp3) is 0.500. The average Bonchev–Trinajstić information content (AvgIpc) is 2.29. The molecule has 1 N–H and O–H groups in total.